The zero-order chi connectivity index (χ0) is 12.3. The molecule has 1 saturated heterocycles. The van der Waals surface area contributed by atoms with Gasteiger partial charge in [-0.05, 0) is 25.0 Å². The zero-order valence-electron chi connectivity index (χ0n) is 10.5. The van der Waals surface area contributed by atoms with Crippen molar-refractivity contribution in [2.24, 2.45) is 5.92 Å². The van der Waals surface area contributed by atoms with Crippen molar-refractivity contribution in [3.8, 4) is 0 Å². The maximum absolute atomic E-state index is 9.98. The lowest BCUT2D eigenvalue weighted by Gasteiger charge is -2.38. The van der Waals surface area contributed by atoms with Crippen LogP contribution in [0.3, 0.4) is 0 Å². The summed E-state index contributed by atoms with van der Waals surface area (Å²) >= 11 is 0. The Balaban J connectivity index is 2.10. The number of para-hydroxylation sites is 2. The largest absolute Gasteiger partial charge is 0.397 e. The Morgan fingerprint density at radius 2 is 2.18 bits per heavy atom. The first-order chi connectivity index (χ1) is 8.22. The molecule has 1 fully saturated rings. The molecule has 2 atom stereocenters. The molecule has 1 aliphatic rings. The summed E-state index contributed by atoms with van der Waals surface area (Å²) in [5.74, 6) is 0.383. The van der Waals surface area contributed by atoms with Gasteiger partial charge in [-0.1, -0.05) is 25.5 Å². The molecule has 1 heterocycles. The molecule has 3 heteroatoms. The number of piperidine rings is 1. The molecule has 3 N–H and O–H groups in total. The van der Waals surface area contributed by atoms with Gasteiger partial charge in [-0.2, -0.15) is 0 Å². The van der Waals surface area contributed by atoms with Crippen LogP contribution in [0.1, 0.15) is 26.2 Å². The van der Waals surface area contributed by atoms with Crippen molar-refractivity contribution >= 4 is 11.4 Å². The maximum atomic E-state index is 9.98. The second kappa shape index (κ2) is 5.41. The fourth-order valence-corrected chi connectivity index (χ4v) is 2.67. The molecule has 0 bridgehead atoms. The van der Waals surface area contributed by atoms with Crippen LogP contribution in [0.5, 0.6) is 0 Å². The van der Waals surface area contributed by atoms with Crippen LogP contribution in [-0.4, -0.2) is 24.3 Å². The highest BCUT2D eigenvalue weighted by Gasteiger charge is 2.27. The molecule has 3 nitrogen and oxygen atoms in total. The second-order valence-electron chi connectivity index (χ2n) is 4.91. The summed E-state index contributed by atoms with van der Waals surface area (Å²) in [6.07, 6.45) is 2.92. The predicted octanol–water partition coefficient (Wildman–Crippen LogP) is 2.26. The Morgan fingerprint density at radius 1 is 1.41 bits per heavy atom. The van der Waals surface area contributed by atoms with Crippen LogP contribution in [0.2, 0.25) is 0 Å². The van der Waals surface area contributed by atoms with E-state index in [0.29, 0.717) is 5.92 Å². The van der Waals surface area contributed by atoms with Gasteiger partial charge >= 0.3 is 0 Å². The smallest absolute Gasteiger partial charge is 0.0602 e. The summed E-state index contributed by atoms with van der Waals surface area (Å²) in [5, 5.41) is 9.98. The minimum Gasteiger partial charge on any atom is -0.397 e. The number of nitrogens with two attached hydrogens (primary N) is 1. The van der Waals surface area contributed by atoms with Gasteiger partial charge in [-0.25, -0.2) is 0 Å². The molecule has 0 unspecified atom stereocenters. The molecule has 0 aromatic heterocycles. The van der Waals surface area contributed by atoms with Crippen molar-refractivity contribution in [1.82, 2.24) is 0 Å². The normalized spacial score (nSPS) is 24.9. The molecule has 0 saturated carbocycles. The number of rotatable bonds is 3. The van der Waals surface area contributed by atoms with Crippen LogP contribution < -0.4 is 10.6 Å². The molecule has 0 amide bonds. The Bertz CT molecular complexity index is 367. The Kier molecular flexibility index (Phi) is 3.89. The molecule has 2 rings (SSSR count). The minimum absolute atomic E-state index is 0.142. The number of hydrogen-bond acceptors (Lipinski definition) is 3. The van der Waals surface area contributed by atoms with Crippen LogP contribution in [0, 0.1) is 5.92 Å². The van der Waals surface area contributed by atoms with Gasteiger partial charge < -0.3 is 15.7 Å². The fourth-order valence-electron chi connectivity index (χ4n) is 2.67. The van der Waals surface area contributed by atoms with E-state index in [9.17, 15) is 5.11 Å². The minimum atomic E-state index is -0.142. The van der Waals surface area contributed by atoms with Gasteiger partial charge in [0, 0.05) is 19.0 Å². The molecule has 0 aliphatic carbocycles. The molecule has 0 spiro atoms. The third-order valence-corrected chi connectivity index (χ3v) is 3.63. The second-order valence-corrected chi connectivity index (χ2v) is 4.91. The summed E-state index contributed by atoms with van der Waals surface area (Å²) in [6, 6.07) is 7.98. The average molecular weight is 234 g/mol. The van der Waals surface area contributed by atoms with Crippen LogP contribution in [0.4, 0.5) is 11.4 Å². The maximum Gasteiger partial charge on any atom is 0.0602 e. The SMILES string of the molecule is CCC[C@@H]1CN(c2ccccc2N)CC[C@H]1O. The third-order valence-electron chi connectivity index (χ3n) is 3.63. The van der Waals surface area contributed by atoms with E-state index in [1.165, 1.54) is 0 Å². The van der Waals surface area contributed by atoms with E-state index in [0.717, 1.165) is 43.7 Å². The van der Waals surface area contributed by atoms with Gasteiger partial charge in [0.25, 0.3) is 0 Å². The zero-order valence-corrected chi connectivity index (χ0v) is 10.5. The molecule has 1 aromatic carbocycles. The number of nitrogens with zero attached hydrogens (tertiary/aromatic N) is 1. The summed E-state index contributed by atoms with van der Waals surface area (Å²) in [6.45, 7) is 3.99. The van der Waals surface area contributed by atoms with E-state index in [-0.39, 0.29) is 6.10 Å². The predicted molar refractivity (Wildman–Crippen MR) is 72.1 cm³/mol. The molecule has 94 valence electrons. The Morgan fingerprint density at radius 3 is 2.88 bits per heavy atom. The Hall–Kier alpha value is -1.22. The number of benzene rings is 1. The van der Waals surface area contributed by atoms with Crippen LogP contribution >= 0.6 is 0 Å². The molecule has 17 heavy (non-hydrogen) atoms. The van der Waals surface area contributed by atoms with Gasteiger partial charge in [0.2, 0.25) is 0 Å². The highest BCUT2D eigenvalue weighted by molar-refractivity contribution is 5.67. The van der Waals surface area contributed by atoms with E-state index >= 15 is 0 Å². The first-order valence-electron chi connectivity index (χ1n) is 6.50. The van der Waals surface area contributed by atoms with Crippen LogP contribution in [-0.2, 0) is 0 Å². The van der Waals surface area contributed by atoms with E-state index in [2.05, 4.69) is 17.9 Å². The van der Waals surface area contributed by atoms with Crippen molar-refractivity contribution < 1.29 is 5.11 Å². The highest BCUT2D eigenvalue weighted by Crippen LogP contribution is 2.29. The lowest BCUT2D eigenvalue weighted by Crippen LogP contribution is -2.43. The summed E-state index contributed by atoms with van der Waals surface area (Å²) in [4.78, 5) is 2.31. The van der Waals surface area contributed by atoms with E-state index in [1.54, 1.807) is 0 Å². The van der Waals surface area contributed by atoms with Gasteiger partial charge in [0.05, 0.1) is 17.5 Å². The van der Waals surface area contributed by atoms with E-state index in [1.807, 2.05) is 18.2 Å². The highest BCUT2D eigenvalue weighted by atomic mass is 16.3. The lowest BCUT2D eigenvalue weighted by molar-refractivity contribution is 0.0830. The van der Waals surface area contributed by atoms with Gasteiger partial charge in [0.15, 0.2) is 0 Å². The van der Waals surface area contributed by atoms with Crippen molar-refractivity contribution in [2.45, 2.75) is 32.3 Å². The Labute approximate surface area is 103 Å². The number of anilines is 2. The number of aliphatic hydroxyl groups excluding tert-OH is 1. The third kappa shape index (κ3) is 2.72. The standard InChI is InChI=1S/C14H22N2O/c1-2-5-11-10-16(9-8-14(11)17)13-7-4-3-6-12(13)15/h3-4,6-7,11,14,17H,2,5,8-10,15H2,1H3/t11-,14-/m1/s1. The number of nitrogen functional groups attached to an aromatic ring is 1. The monoisotopic (exact) mass is 234 g/mol. The summed E-state index contributed by atoms with van der Waals surface area (Å²) < 4.78 is 0. The van der Waals surface area contributed by atoms with Gasteiger partial charge in [0.1, 0.15) is 0 Å². The van der Waals surface area contributed by atoms with E-state index in [4.69, 9.17) is 5.73 Å². The molecule has 1 aromatic rings. The van der Waals surface area contributed by atoms with Crippen molar-refractivity contribution in [2.75, 3.05) is 23.7 Å². The van der Waals surface area contributed by atoms with E-state index < -0.39 is 0 Å². The van der Waals surface area contributed by atoms with Crippen molar-refractivity contribution in [1.29, 1.82) is 0 Å². The van der Waals surface area contributed by atoms with Crippen LogP contribution in [0.15, 0.2) is 24.3 Å². The van der Waals surface area contributed by atoms with Crippen LogP contribution in [0.25, 0.3) is 0 Å². The van der Waals surface area contributed by atoms with Gasteiger partial charge in [-0.15, -0.1) is 0 Å². The lowest BCUT2D eigenvalue weighted by atomic mass is 9.90. The topological polar surface area (TPSA) is 49.5 Å². The van der Waals surface area contributed by atoms with Crippen molar-refractivity contribution in [3.05, 3.63) is 24.3 Å². The fraction of sp³-hybridized carbons (Fsp3) is 0.571. The quantitative estimate of drug-likeness (QED) is 0.789. The average Bonchev–Trinajstić information content (AvgIpc) is 2.33. The number of aliphatic hydroxyl groups is 1. The molecule has 1 aliphatic heterocycles. The molecule has 0 radical (unpaired) electrons. The first-order valence-corrected chi connectivity index (χ1v) is 6.50. The summed E-state index contributed by atoms with van der Waals surface area (Å²) in [7, 11) is 0. The van der Waals surface area contributed by atoms with Gasteiger partial charge in [-0.3, -0.25) is 0 Å². The number of hydrogen-bond donors (Lipinski definition) is 2. The summed E-state index contributed by atoms with van der Waals surface area (Å²) in [5.41, 5.74) is 7.95. The molecular formula is C14H22N2O. The molecular weight excluding hydrogens is 212 g/mol. The first kappa shape index (κ1) is 12.2. The van der Waals surface area contributed by atoms with Crippen molar-refractivity contribution in [3.63, 3.8) is 0 Å².